The van der Waals surface area contributed by atoms with Gasteiger partial charge >= 0.3 is 12.1 Å². The first-order valence-electron chi connectivity index (χ1n) is 5.64. The average Bonchev–Trinajstić information content (AvgIpc) is 2.69. The standard InChI is InChI=1S/C12H19NO5/c1-6-8-7-13(9(17-8)10(14)16-5)11(15)18-12(2,3)4/h6,8-9H,1,7H2,2-5H3/t8-,9+/m0/s1. The number of esters is 1. The molecule has 1 fully saturated rings. The molecule has 0 saturated carbocycles. The molecule has 0 N–H and O–H groups in total. The molecule has 2 atom stereocenters. The summed E-state index contributed by atoms with van der Waals surface area (Å²) in [6.07, 6.45) is -0.558. The Labute approximate surface area is 106 Å². The summed E-state index contributed by atoms with van der Waals surface area (Å²) in [6, 6.07) is 0. The summed E-state index contributed by atoms with van der Waals surface area (Å²) < 4.78 is 15.1. The van der Waals surface area contributed by atoms with Crippen molar-refractivity contribution < 1.29 is 23.8 Å². The molecule has 1 saturated heterocycles. The molecule has 6 heteroatoms. The number of carbonyl (C=O) groups is 2. The molecule has 0 aliphatic carbocycles. The Morgan fingerprint density at radius 1 is 1.44 bits per heavy atom. The predicted molar refractivity (Wildman–Crippen MR) is 63.8 cm³/mol. The number of nitrogens with zero attached hydrogens (tertiary/aromatic N) is 1. The van der Waals surface area contributed by atoms with Crippen LogP contribution in [0.25, 0.3) is 0 Å². The van der Waals surface area contributed by atoms with Crippen molar-refractivity contribution in [3.05, 3.63) is 12.7 Å². The van der Waals surface area contributed by atoms with Gasteiger partial charge in [0, 0.05) is 0 Å². The van der Waals surface area contributed by atoms with Gasteiger partial charge in [0.25, 0.3) is 0 Å². The minimum absolute atomic E-state index is 0.220. The number of hydrogen-bond donors (Lipinski definition) is 0. The highest BCUT2D eigenvalue weighted by molar-refractivity contribution is 5.80. The topological polar surface area (TPSA) is 65.1 Å². The molecule has 0 unspecified atom stereocenters. The van der Waals surface area contributed by atoms with Gasteiger partial charge in [-0.25, -0.2) is 9.59 Å². The number of amides is 1. The Balaban J connectivity index is 2.80. The lowest BCUT2D eigenvalue weighted by Gasteiger charge is -2.26. The summed E-state index contributed by atoms with van der Waals surface area (Å²) in [4.78, 5) is 24.7. The lowest BCUT2D eigenvalue weighted by Crippen LogP contribution is -2.44. The monoisotopic (exact) mass is 257 g/mol. The van der Waals surface area contributed by atoms with Gasteiger partial charge in [-0.05, 0) is 20.8 Å². The maximum atomic E-state index is 11.9. The van der Waals surface area contributed by atoms with Gasteiger partial charge in [0.1, 0.15) is 5.60 Å². The van der Waals surface area contributed by atoms with Crippen molar-refractivity contribution in [2.75, 3.05) is 13.7 Å². The smallest absolute Gasteiger partial charge is 0.412 e. The van der Waals surface area contributed by atoms with Crippen molar-refractivity contribution in [1.29, 1.82) is 0 Å². The molecule has 0 radical (unpaired) electrons. The molecule has 102 valence electrons. The zero-order valence-electron chi connectivity index (χ0n) is 11.1. The SMILES string of the molecule is C=C[C@H]1CN(C(=O)OC(C)(C)C)[C@@H](C(=O)OC)O1. The van der Waals surface area contributed by atoms with Crippen LogP contribution in [0.1, 0.15) is 20.8 Å². The summed E-state index contributed by atoms with van der Waals surface area (Å²) in [5.41, 5.74) is -0.635. The van der Waals surface area contributed by atoms with Crippen LogP contribution < -0.4 is 0 Å². The highest BCUT2D eigenvalue weighted by Crippen LogP contribution is 2.21. The molecule has 1 aliphatic rings. The maximum Gasteiger partial charge on any atom is 0.412 e. The Hall–Kier alpha value is -1.56. The minimum atomic E-state index is -1.08. The van der Waals surface area contributed by atoms with Crippen molar-refractivity contribution in [2.24, 2.45) is 0 Å². The lowest BCUT2D eigenvalue weighted by atomic mass is 10.2. The molecule has 0 aromatic rings. The first-order chi connectivity index (χ1) is 8.28. The Bertz CT molecular complexity index is 347. The fraction of sp³-hybridized carbons (Fsp3) is 0.667. The molecule has 1 aliphatic heterocycles. The third-order valence-electron chi connectivity index (χ3n) is 2.26. The lowest BCUT2D eigenvalue weighted by molar-refractivity contribution is -0.159. The van der Waals surface area contributed by atoms with Gasteiger partial charge in [-0.1, -0.05) is 6.08 Å². The highest BCUT2D eigenvalue weighted by atomic mass is 16.6. The summed E-state index contributed by atoms with van der Waals surface area (Å²) in [7, 11) is 1.24. The van der Waals surface area contributed by atoms with Crippen LogP contribution in [0.2, 0.25) is 0 Å². The second-order valence-electron chi connectivity index (χ2n) is 4.92. The van der Waals surface area contributed by atoms with Crippen molar-refractivity contribution in [1.82, 2.24) is 4.90 Å². The van der Waals surface area contributed by atoms with Crippen molar-refractivity contribution in [3.63, 3.8) is 0 Å². The van der Waals surface area contributed by atoms with E-state index < -0.39 is 30.0 Å². The van der Waals surface area contributed by atoms with Gasteiger partial charge < -0.3 is 14.2 Å². The van der Waals surface area contributed by atoms with Crippen molar-refractivity contribution in [2.45, 2.75) is 38.7 Å². The zero-order valence-corrected chi connectivity index (χ0v) is 11.1. The normalized spacial score (nSPS) is 23.7. The molecule has 1 heterocycles. The van der Waals surface area contributed by atoms with E-state index in [9.17, 15) is 9.59 Å². The van der Waals surface area contributed by atoms with Crippen LogP contribution in [-0.4, -0.2) is 48.5 Å². The molecule has 0 aromatic heterocycles. The number of ether oxygens (including phenoxy) is 3. The van der Waals surface area contributed by atoms with E-state index in [1.807, 2.05) is 0 Å². The van der Waals surface area contributed by atoms with Crippen LogP contribution in [0.15, 0.2) is 12.7 Å². The zero-order chi connectivity index (χ0) is 13.9. The predicted octanol–water partition coefficient (Wildman–Crippen LogP) is 1.31. The average molecular weight is 257 g/mol. The number of methoxy groups -OCH3 is 1. The summed E-state index contributed by atoms with van der Waals surface area (Å²) in [6.45, 7) is 9.05. The Kier molecular flexibility index (Phi) is 4.34. The first-order valence-corrected chi connectivity index (χ1v) is 5.64. The quantitative estimate of drug-likeness (QED) is 0.551. The molecular formula is C12H19NO5. The Morgan fingerprint density at radius 2 is 2.06 bits per heavy atom. The minimum Gasteiger partial charge on any atom is -0.466 e. The summed E-state index contributed by atoms with van der Waals surface area (Å²) >= 11 is 0. The largest absolute Gasteiger partial charge is 0.466 e. The van der Waals surface area contributed by atoms with Gasteiger partial charge in [0.15, 0.2) is 0 Å². The van der Waals surface area contributed by atoms with E-state index in [-0.39, 0.29) is 6.54 Å². The third-order valence-corrected chi connectivity index (χ3v) is 2.26. The van der Waals surface area contributed by atoms with Gasteiger partial charge in [0.05, 0.1) is 19.8 Å². The van der Waals surface area contributed by atoms with Gasteiger partial charge in [-0.2, -0.15) is 0 Å². The Morgan fingerprint density at radius 3 is 2.50 bits per heavy atom. The molecule has 0 spiro atoms. The maximum absolute atomic E-state index is 11.9. The van der Waals surface area contributed by atoms with E-state index in [2.05, 4.69) is 11.3 Å². The van der Waals surface area contributed by atoms with Crippen molar-refractivity contribution in [3.8, 4) is 0 Å². The van der Waals surface area contributed by atoms with E-state index >= 15 is 0 Å². The van der Waals surface area contributed by atoms with E-state index in [0.717, 1.165) is 0 Å². The fourth-order valence-electron chi connectivity index (χ4n) is 1.48. The van der Waals surface area contributed by atoms with E-state index in [1.165, 1.54) is 18.1 Å². The molecule has 18 heavy (non-hydrogen) atoms. The van der Waals surface area contributed by atoms with E-state index in [4.69, 9.17) is 9.47 Å². The number of carbonyl (C=O) groups excluding carboxylic acids is 2. The van der Waals surface area contributed by atoms with Crippen LogP contribution in [0.4, 0.5) is 4.79 Å². The van der Waals surface area contributed by atoms with Gasteiger partial charge in [-0.15, -0.1) is 6.58 Å². The van der Waals surface area contributed by atoms with Gasteiger partial charge in [-0.3, -0.25) is 4.90 Å². The van der Waals surface area contributed by atoms with Crippen LogP contribution in [-0.2, 0) is 19.0 Å². The molecule has 1 rings (SSSR count). The van der Waals surface area contributed by atoms with Gasteiger partial charge in [0.2, 0.25) is 6.23 Å². The second kappa shape index (κ2) is 5.39. The fourth-order valence-corrected chi connectivity index (χ4v) is 1.48. The number of rotatable bonds is 2. The number of hydrogen-bond acceptors (Lipinski definition) is 5. The summed E-state index contributed by atoms with van der Waals surface area (Å²) in [5.74, 6) is -0.634. The first kappa shape index (κ1) is 14.5. The van der Waals surface area contributed by atoms with Crippen molar-refractivity contribution >= 4 is 12.1 Å². The molecule has 1 amide bonds. The van der Waals surface area contributed by atoms with Crippen LogP contribution in [0.5, 0.6) is 0 Å². The molecule has 0 bridgehead atoms. The van der Waals surface area contributed by atoms with Crippen LogP contribution in [0.3, 0.4) is 0 Å². The van der Waals surface area contributed by atoms with E-state index in [0.29, 0.717) is 0 Å². The van der Waals surface area contributed by atoms with Crippen LogP contribution >= 0.6 is 0 Å². The third kappa shape index (κ3) is 3.46. The second-order valence-corrected chi connectivity index (χ2v) is 4.92. The summed E-state index contributed by atoms with van der Waals surface area (Å²) in [5, 5.41) is 0. The molecule has 0 aromatic carbocycles. The molecular weight excluding hydrogens is 238 g/mol. The molecule has 6 nitrogen and oxygen atoms in total. The highest BCUT2D eigenvalue weighted by Gasteiger charge is 2.42. The van der Waals surface area contributed by atoms with Crippen LogP contribution in [0, 0.1) is 0 Å². The van der Waals surface area contributed by atoms with E-state index in [1.54, 1.807) is 20.8 Å².